The molecule has 0 radical (unpaired) electrons. The molecular formula is C26H50N2O5Si2. The van der Waals surface area contributed by atoms with E-state index in [2.05, 4.69) is 53.5 Å². The highest BCUT2D eigenvalue weighted by atomic mass is 28.4. The van der Waals surface area contributed by atoms with E-state index < -0.39 is 34.6 Å². The summed E-state index contributed by atoms with van der Waals surface area (Å²) in [7, 11) is -1.86. The van der Waals surface area contributed by atoms with Crippen molar-refractivity contribution in [2.75, 3.05) is 20.2 Å². The fourth-order valence-electron chi connectivity index (χ4n) is 3.64. The molecule has 0 aromatic carbocycles. The first-order chi connectivity index (χ1) is 15.8. The molecule has 1 heterocycles. The van der Waals surface area contributed by atoms with E-state index in [0.717, 1.165) is 6.04 Å². The number of ether oxygens (including phenoxy) is 1. The Morgan fingerprint density at radius 1 is 1.09 bits per heavy atom. The molecule has 1 aliphatic heterocycles. The summed E-state index contributed by atoms with van der Waals surface area (Å²) in [4.78, 5) is 42.9. The first kappa shape index (κ1) is 31.6. The van der Waals surface area contributed by atoms with Gasteiger partial charge in [0.25, 0.3) is 5.91 Å². The van der Waals surface area contributed by atoms with E-state index in [1.807, 2.05) is 19.9 Å². The van der Waals surface area contributed by atoms with Crippen LogP contribution in [0.1, 0.15) is 48.0 Å². The Labute approximate surface area is 215 Å². The van der Waals surface area contributed by atoms with Gasteiger partial charge in [0.2, 0.25) is 5.91 Å². The average molecular weight is 527 g/mol. The molecule has 0 aromatic heterocycles. The highest BCUT2D eigenvalue weighted by Crippen LogP contribution is 2.37. The second-order valence-corrected chi connectivity index (χ2v) is 23.3. The molecule has 0 saturated heterocycles. The van der Waals surface area contributed by atoms with Crippen LogP contribution in [0.3, 0.4) is 0 Å². The molecule has 3 atom stereocenters. The maximum Gasteiger partial charge on any atom is 0.328 e. The Morgan fingerprint density at radius 3 is 2.14 bits per heavy atom. The maximum absolute atomic E-state index is 13.5. The van der Waals surface area contributed by atoms with Gasteiger partial charge in [-0.1, -0.05) is 66.4 Å². The third kappa shape index (κ3) is 9.17. The van der Waals surface area contributed by atoms with Crippen molar-refractivity contribution in [2.24, 2.45) is 5.92 Å². The molecule has 0 aromatic rings. The van der Waals surface area contributed by atoms with Crippen molar-refractivity contribution in [1.29, 1.82) is 0 Å². The topological polar surface area (TPSA) is 76.2 Å². The van der Waals surface area contributed by atoms with Crippen molar-refractivity contribution in [3.63, 3.8) is 0 Å². The lowest BCUT2D eigenvalue weighted by atomic mass is 10.0. The summed E-state index contributed by atoms with van der Waals surface area (Å²) < 4.78 is 11.9. The third-order valence-corrected chi connectivity index (χ3v) is 13.3. The van der Waals surface area contributed by atoms with Crippen molar-refractivity contribution in [1.82, 2.24) is 9.80 Å². The van der Waals surface area contributed by atoms with Crippen molar-refractivity contribution in [3.05, 3.63) is 12.2 Å². The molecule has 1 rings (SSSR count). The second kappa shape index (κ2) is 12.2. The quantitative estimate of drug-likeness (QED) is 0.217. The van der Waals surface area contributed by atoms with Crippen molar-refractivity contribution < 1.29 is 23.5 Å². The molecule has 0 N–H and O–H groups in total. The van der Waals surface area contributed by atoms with Crippen LogP contribution in [0.5, 0.6) is 0 Å². The standard InChI is InChI=1S/C26H50N2O5Si2/c1-19(2)18-22(25(31)32-16-17-34(8,9)10)27(7)24(30)21-14-13-15-28(21)23(29)20(3)33-35(11,12)26(4,5)6/h13-14,19-22H,15-18H2,1-12H3/t20-,21-,22+/m0/s1. The lowest BCUT2D eigenvalue weighted by Gasteiger charge is -2.39. The summed E-state index contributed by atoms with van der Waals surface area (Å²) in [6.07, 6.45) is 3.44. The minimum atomic E-state index is -2.15. The predicted octanol–water partition coefficient (Wildman–Crippen LogP) is 4.92. The van der Waals surface area contributed by atoms with Crippen LogP contribution in [0.15, 0.2) is 12.2 Å². The minimum absolute atomic E-state index is 0.0276. The summed E-state index contributed by atoms with van der Waals surface area (Å²) in [5, 5.41) is -0.0276. The van der Waals surface area contributed by atoms with Crippen LogP contribution in [0.2, 0.25) is 43.8 Å². The monoisotopic (exact) mass is 526 g/mol. The smallest absolute Gasteiger partial charge is 0.328 e. The molecule has 0 aliphatic carbocycles. The van der Waals surface area contributed by atoms with Crippen LogP contribution in [-0.2, 0) is 23.5 Å². The summed E-state index contributed by atoms with van der Waals surface area (Å²) in [6, 6.07) is -0.553. The van der Waals surface area contributed by atoms with Gasteiger partial charge in [0.1, 0.15) is 18.2 Å². The predicted molar refractivity (Wildman–Crippen MR) is 148 cm³/mol. The average Bonchev–Trinajstić information content (AvgIpc) is 3.17. The fourth-order valence-corrected chi connectivity index (χ4v) is 5.69. The number of nitrogens with zero attached hydrogens (tertiary/aromatic N) is 2. The highest BCUT2D eigenvalue weighted by Gasteiger charge is 2.43. The van der Waals surface area contributed by atoms with Crippen molar-refractivity contribution >= 4 is 34.2 Å². The first-order valence-electron chi connectivity index (χ1n) is 12.9. The van der Waals surface area contributed by atoms with Gasteiger partial charge in [-0.2, -0.15) is 0 Å². The summed E-state index contributed by atoms with van der Waals surface area (Å²) in [5.74, 6) is -0.652. The van der Waals surface area contributed by atoms with Crippen LogP contribution < -0.4 is 0 Å². The number of hydrogen-bond acceptors (Lipinski definition) is 5. The van der Waals surface area contributed by atoms with E-state index in [0.29, 0.717) is 19.6 Å². The fraction of sp³-hybridized carbons (Fsp3) is 0.808. The Morgan fingerprint density at radius 2 is 1.66 bits per heavy atom. The van der Waals surface area contributed by atoms with Gasteiger partial charge in [-0.3, -0.25) is 9.59 Å². The first-order valence-corrected chi connectivity index (χ1v) is 19.5. The van der Waals surface area contributed by atoms with E-state index in [4.69, 9.17) is 9.16 Å². The minimum Gasteiger partial charge on any atom is -0.464 e. The van der Waals surface area contributed by atoms with Crippen LogP contribution in [0, 0.1) is 5.92 Å². The van der Waals surface area contributed by atoms with Gasteiger partial charge in [0.05, 0.1) is 6.61 Å². The summed E-state index contributed by atoms with van der Waals surface area (Å²) in [6.45, 7) is 23.8. The maximum atomic E-state index is 13.5. The molecule has 7 nitrogen and oxygen atoms in total. The number of carbonyl (C=O) groups excluding carboxylic acids is 3. The zero-order chi connectivity index (χ0) is 27.4. The number of esters is 1. The normalized spacial score (nSPS) is 18.5. The van der Waals surface area contributed by atoms with E-state index in [9.17, 15) is 14.4 Å². The van der Waals surface area contributed by atoms with Gasteiger partial charge < -0.3 is 19.0 Å². The van der Waals surface area contributed by atoms with Crippen LogP contribution in [0.4, 0.5) is 0 Å². The lowest BCUT2D eigenvalue weighted by Crippen LogP contribution is -2.55. The zero-order valence-corrected chi connectivity index (χ0v) is 26.2. The molecular weight excluding hydrogens is 476 g/mol. The SMILES string of the molecule is CC(C)C[C@H](C(=O)OCC[Si](C)(C)C)N(C)C(=O)[C@@H]1C=CCN1C(=O)[C@H](C)O[Si](C)(C)C(C)(C)C. The number of carbonyl (C=O) groups is 3. The molecule has 1 aliphatic rings. The summed E-state index contributed by atoms with van der Waals surface area (Å²) >= 11 is 0. The summed E-state index contributed by atoms with van der Waals surface area (Å²) in [5.41, 5.74) is 0. The second-order valence-electron chi connectivity index (χ2n) is 13.0. The molecule has 0 unspecified atom stereocenters. The van der Waals surface area contributed by atoms with Crippen LogP contribution in [0.25, 0.3) is 0 Å². The van der Waals surface area contributed by atoms with Crippen molar-refractivity contribution in [3.8, 4) is 0 Å². The molecule has 0 saturated carbocycles. The van der Waals surface area contributed by atoms with Crippen molar-refractivity contribution in [2.45, 2.75) is 110 Å². The van der Waals surface area contributed by atoms with Gasteiger partial charge in [0.15, 0.2) is 8.32 Å². The number of likely N-dealkylation sites (N-methyl/N-ethyl adjacent to an activating group) is 1. The van der Waals surface area contributed by atoms with E-state index >= 15 is 0 Å². The lowest BCUT2D eigenvalue weighted by molar-refractivity contribution is -0.156. The van der Waals surface area contributed by atoms with Gasteiger partial charge in [-0.05, 0) is 43.4 Å². The molecule has 0 bridgehead atoms. The number of amides is 2. The van der Waals surface area contributed by atoms with Gasteiger partial charge in [-0.15, -0.1) is 0 Å². The molecule has 0 spiro atoms. The Bertz CT molecular complexity index is 784. The van der Waals surface area contributed by atoms with E-state index in [1.165, 1.54) is 4.90 Å². The molecule has 9 heteroatoms. The van der Waals surface area contributed by atoms with Gasteiger partial charge in [0, 0.05) is 21.7 Å². The van der Waals surface area contributed by atoms with Crippen LogP contribution >= 0.6 is 0 Å². The van der Waals surface area contributed by atoms with Gasteiger partial charge in [-0.25, -0.2) is 4.79 Å². The number of rotatable bonds is 11. The molecule has 2 amide bonds. The zero-order valence-electron chi connectivity index (χ0n) is 24.2. The largest absolute Gasteiger partial charge is 0.464 e. The molecule has 202 valence electrons. The number of hydrogen-bond donors (Lipinski definition) is 0. The molecule has 0 fully saturated rings. The Hall–Kier alpha value is -1.46. The van der Waals surface area contributed by atoms with Crippen LogP contribution in [-0.4, -0.2) is 82.4 Å². The Kier molecular flexibility index (Phi) is 11.0. The highest BCUT2D eigenvalue weighted by molar-refractivity contribution is 6.76. The van der Waals surface area contributed by atoms with E-state index in [1.54, 1.807) is 24.9 Å². The Balaban J connectivity index is 2.98. The third-order valence-electron chi connectivity index (χ3n) is 7.00. The molecule has 35 heavy (non-hydrogen) atoms. The van der Waals surface area contributed by atoms with E-state index in [-0.39, 0.29) is 28.7 Å². The van der Waals surface area contributed by atoms with Gasteiger partial charge >= 0.3 is 5.97 Å².